The van der Waals surface area contributed by atoms with Crippen LogP contribution in [0.4, 0.5) is 4.79 Å². The number of fused-ring (bicyclic) bond motifs is 2. The Hall–Kier alpha value is -1.06. The summed E-state index contributed by atoms with van der Waals surface area (Å²) >= 11 is 0. The molecule has 78 valence electrons. The lowest BCUT2D eigenvalue weighted by atomic mass is 9.90. The van der Waals surface area contributed by atoms with Gasteiger partial charge in [0.1, 0.15) is 0 Å². The van der Waals surface area contributed by atoms with E-state index >= 15 is 0 Å². The van der Waals surface area contributed by atoms with Crippen molar-refractivity contribution >= 4 is 12.3 Å². The molecule has 2 saturated carbocycles. The first-order valence-electron chi connectivity index (χ1n) is 5.16. The summed E-state index contributed by atoms with van der Waals surface area (Å²) in [6.07, 6.45) is 6.70. The molecule has 3 unspecified atom stereocenters. The van der Waals surface area contributed by atoms with E-state index < -0.39 is 6.09 Å². The molecule has 1 N–H and O–H groups in total. The number of nitrogens with zero attached hydrogens (tertiary/aromatic N) is 1. The molecule has 0 aromatic heterocycles. The first-order valence-corrected chi connectivity index (χ1v) is 5.16. The van der Waals surface area contributed by atoms with Gasteiger partial charge in [-0.2, -0.15) is 5.10 Å². The highest BCUT2D eigenvalue weighted by Gasteiger charge is 2.38. The van der Waals surface area contributed by atoms with Gasteiger partial charge in [-0.15, -0.1) is 0 Å². The molecular formula is C10H16N2O2. The number of amides is 1. The predicted molar refractivity (Wildman–Crippen MR) is 53.0 cm³/mol. The first kappa shape index (κ1) is 9.49. The molecule has 0 saturated heterocycles. The molecule has 0 radical (unpaired) electrons. The van der Waals surface area contributed by atoms with Gasteiger partial charge in [0.2, 0.25) is 0 Å². The van der Waals surface area contributed by atoms with Gasteiger partial charge in [0.15, 0.2) is 0 Å². The Labute approximate surface area is 83.7 Å². The highest BCUT2D eigenvalue weighted by Crippen LogP contribution is 2.47. The summed E-state index contributed by atoms with van der Waals surface area (Å²) in [5, 5.41) is 3.89. The molecule has 3 atom stereocenters. The van der Waals surface area contributed by atoms with Gasteiger partial charge < -0.3 is 4.74 Å². The summed E-state index contributed by atoms with van der Waals surface area (Å²) in [4.78, 5) is 10.7. The van der Waals surface area contributed by atoms with Crippen LogP contribution < -0.4 is 5.43 Å². The fourth-order valence-corrected chi connectivity index (χ4v) is 2.71. The highest BCUT2D eigenvalue weighted by atomic mass is 16.5. The Kier molecular flexibility index (Phi) is 2.70. The van der Waals surface area contributed by atoms with E-state index in [1.807, 2.05) is 6.21 Å². The smallest absolute Gasteiger partial charge is 0.427 e. The van der Waals surface area contributed by atoms with Gasteiger partial charge in [-0.25, -0.2) is 10.2 Å². The molecule has 0 spiro atoms. The molecule has 2 rings (SSSR count). The summed E-state index contributed by atoms with van der Waals surface area (Å²) in [5.41, 5.74) is 2.33. The zero-order chi connectivity index (χ0) is 9.97. The number of carbonyl (C=O) groups excluding carboxylic acids is 1. The molecule has 4 nitrogen and oxygen atoms in total. The van der Waals surface area contributed by atoms with E-state index in [0.717, 1.165) is 11.8 Å². The topological polar surface area (TPSA) is 50.7 Å². The normalized spacial score (nSPS) is 35.1. The average Bonchev–Trinajstić information content (AvgIpc) is 2.79. The van der Waals surface area contributed by atoms with Crippen molar-refractivity contribution < 1.29 is 9.53 Å². The minimum Gasteiger partial charge on any atom is -0.452 e. The largest absolute Gasteiger partial charge is 0.452 e. The molecule has 14 heavy (non-hydrogen) atoms. The Morgan fingerprint density at radius 1 is 1.50 bits per heavy atom. The van der Waals surface area contributed by atoms with Crippen molar-refractivity contribution in [3.05, 3.63) is 0 Å². The summed E-state index contributed by atoms with van der Waals surface area (Å²) < 4.78 is 4.41. The second-order valence-corrected chi connectivity index (χ2v) is 4.22. The Morgan fingerprint density at radius 2 is 2.36 bits per heavy atom. The molecule has 2 aliphatic carbocycles. The lowest BCUT2D eigenvalue weighted by Crippen LogP contribution is -2.19. The quantitative estimate of drug-likeness (QED) is 0.540. The molecular weight excluding hydrogens is 180 g/mol. The summed E-state index contributed by atoms with van der Waals surface area (Å²) in [6, 6.07) is 0. The highest BCUT2D eigenvalue weighted by molar-refractivity contribution is 5.69. The Bertz CT molecular complexity index is 253. The zero-order valence-electron chi connectivity index (χ0n) is 8.40. The average molecular weight is 196 g/mol. The van der Waals surface area contributed by atoms with Crippen LogP contribution in [0.15, 0.2) is 5.10 Å². The first-order chi connectivity index (χ1) is 6.79. The van der Waals surface area contributed by atoms with Crippen molar-refractivity contribution in [1.82, 2.24) is 5.43 Å². The van der Waals surface area contributed by atoms with Crippen LogP contribution in [0.3, 0.4) is 0 Å². The number of carbonyl (C=O) groups is 1. The van der Waals surface area contributed by atoms with Crippen molar-refractivity contribution in [3.63, 3.8) is 0 Å². The Morgan fingerprint density at radius 3 is 2.93 bits per heavy atom. The predicted octanol–water partition coefficient (Wildman–Crippen LogP) is 1.76. The van der Waals surface area contributed by atoms with E-state index in [4.69, 9.17) is 0 Å². The minimum absolute atomic E-state index is 0.496. The zero-order valence-corrected chi connectivity index (χ0v) is 8.40. The summed E-state index contributed by atoms with van der Waals surface area (Å²) in [5.74, 6) is 2.30. The van der Waals surface area contributed by atoms with Crippen molar-refractivity contribution in [2.75, 3.05) is 7.11 Å². The third-order valence-corrected chi connectivity index (χ3v) is 3.40. The maximum Gasteiger partial charge on any atom is 0.427 e. The van der Waals surface area contributed by atoms with Gasteiger partial charge in [-0.1, -0.05) is 6.42 Å². The van der Waals surface area contributed by atoms with Crippen molar-refractivity contribution in [2.24, 2.45) is 22.9 Å². The van der Waals surface area contributed by atoms with Gasteiger partial charge in [0, 0.05) is 6.21 Å². The molecule has 2 bridgehead atoms. The summed E-state index contributed by atoms with van der Waals surface area (Å²) in [6.45, 7) is 0. The second kappa shape index (κ2) is 3.98. The molecule has 0 aromatic rings. The van der Waals surface area contributed by atoms with Crippen LogP contribution in [0.25, 0.3) is 0 Å². The second-order valence-electron chi connectivity index (χ2n) is 4.22. The molecule has 2 aliphatic rings. The van der Waals surface area contributed by atoms with E-state index in [2.05, 4.69) is 15.3 Å². The third kappa shape index (κ3) is 1.89. The fourth-order valence-electron chi connectivity index (χ4n) is 2.71. The van der Waals surface area contributed by atoms with E-state index in [1.165, 1.54) is 32.8 Å². The molecule has 4 heteroatoms. The van der Waals surface area contributed by atoms with Gasteiger partial charge in [0.25, 0.3) is 0 Å². The molecule has 0 heterocycles. The van der Waals surface area contributed by atoms with Crippen molar-refractivity contribution in [2.45, 2.75) is 25.7 Å². The van der Waals surface area contributed by atoms with Gasteiger partial charge in [-0.05, 0) is 37.0 Å². The van der Waals surface area contributed by atoms with Gasteiger partial charge in [-0.3, -0.25) is 0 Å². The van der Waals surface area contributed by atoms with Crippen LogP contribution >= 0.6 is 0 Å². The van der Waals surface area contributed by atoms with E-state index in [-0.39, 0.29) is 0 Å². The maximum absolute atomic E-state index is 10.7. The van der Waals surface area contributed by atoms with E-state index in [1.54, 1.807) is 0 Å². The SMILES string of the molecule is COC(=O)NN=CC1CC2CCC1C2. The van der Waals surface area contributed by atoms with Crippen LogP contribution in [-0.2, 0) is 4.74 Å². The van der Waals surface area contributed by atoms with Gasteiger partial charge >= 0.3 is 6.09 Å². The number of rotatable bonds is 2. The molecule has 2 fully saturated rings. The number of ether oxygens (including phenoxy) is 1. The number of nitrogens with one attached hydrogen (secondary N) is 1. The lowest BCUT2D eigenvalue weighted by molar-refractivity contribution is 0.171. The number of methoxy groups -OCH3 is 1. The van der Waals surface area contributed by atoms with E-state index in [0.29, 0.717) is 5.92 Å². The molecule has 0 aliphatic heterocycles. The molecule has 1 amide bonds. The fraction of sp³-hybridized carbons (Fsp3) is 0.800. The monoisotopic (exact) mass is 196 g/mol. The van der Waals surface area contributed by atoms with Crippen LogP contribution in [0.5, 0.6) is 0 Å². The van der Waals surface area contributed by atoms with Crippen LogP contribution in [0, 0.1) is 17.8 Å². The van der Waals surface area contributed by atoms with Gasteiger partial charge in [0.05, 0.1) is 7.11 Å². The van der Waals surface area contributed by atoms with E-state index in [9.17, 15) is 4.79 Å². The Balaban J connectivity index is 1.78. The van der Waals surface area contributed by atoms with Crippen LogP contribution in [0.1, 0.15) is 25.7 Å². The number of hydrogen-bond donors (Lipinski definition) is 1. The van der Waals surface area contributed by atoms with Crippen LogP contribution in [-0.4, -0.2) is 19.4 Å². The molecule has 0 aromatic carbocycles. The lowest BCUT2D eigenvalue weighted by Gasteiger charge is -2.16. The minimum atomic E-state index is -0.496. The standard InChI is InChI=1S/C10H16N2O2/c1-14-10(13)12-11-6-9-5-7-2-3-8(9)4-7/h6-9H,2-5H2,1H3,(H,12,13). The van der Waals surface area contributed by atoms with Crippen molar-refractivity contribution in [1.29, 1.82) is 0 Å². The third-order valence-electron chi connectivity index (χ3n) is 3.40. The maximum atomic E-state index is 10.7. The van der Waals surface area contributed by atoms with Crippen molar-refractivity contribution in [3.8, 4) is 0 Å². The van der Waals surface area contributed by atoms with Crippen LogP contribution in [0.2, 0.25) is 0 Å². The summed E-state index contributed by atoms with van der Waals surface area (Å²) in [7, 11) is 1.34. The number of hydrogen-bond acceptors (Lipinski definition) is 3. The number of hydrazone groups is 1.